The normalized spacial score (nSPS) is 44.7. The second-order valence-electron chi connectivity index (χ2n) is 9.05. The van der Waals surface area contributed by atoms with E-state index in [0.717, 1.165) is 32.1 Å². The molecule has 4 nitrogen and oxygen atoms in total. The molecule has 0 spiro atoms. The molecule has 3 rings (SSSR count). The van der Waals surface area contributed by atoms with Crippen molar-refractivity contribution in [3.05, 3.63) is 0 Å². The summed E-state index contributed by atoms with van der Waals surface area (Å²) in [5.74, 6) is 1.18. The lowest BCUT2D eigenvalue weighted by Crippen LogP contribution is -2.52. The molecule has 0 radical (unpaired) electrons. The molecule has 134 valence electrons. The minimum Gasteiger partial charge on any atom is -0.481 e. The zero-order valence-corrected chi connectivity index (χ0v) is 15.1. The molecule has 3 aliphatic carbocycles. The van der Waals surface area contributed by atoms with E-state index in [0.29, 0.717) is 36.4 Å². The molecule has 0 bridgehead atoms. The second kappa shape index (κ2) is 5.96. The molecule has 6 atom stereocenters. The molecular formula is C20H30O4. The Kier molecular flexibility index (Phi) is 4.38. The minimum atomic E-state index is -0.759. The van der Waals surface area contributed by atoms with Crippen LogP contribution in [0.3, 0.4) is 0 Å². The first-order chi connectivity index (χ1) is 11.2. The number of hydrogen-bond acceptors (Lipinski definition) is 3. The van der Waals surface area contributed by atoms with Crippen molar-refractivity contribution in [1.29, 1.82) is 0 Å². The van der Waals surface area contributed by atoms with Crippen LogP contribution in [0.5, 0.6) is 0 Å². The predicted molar refractivity (Wildman–Crippen MR) is 90.4 cm³/mol. The van der Waals surface area contributed by atoms with E-state index in [2.05, 4.69) is 13.8 Å². The third-order valence-electron chi connectivity index (χ3n) is 7.83. The highest BCUT2D eigenvalue weighted by molar-refractivity contribution is 5.87. The maximum atomic E-state index is 12.4. The smallest absolute Gasteiger partial charge is 0.303 e. The van der Waals surface area contributed by atoms with Crippen molar-refractivity contribution in [1.82, 2.24) is 0 Å². The number of carboxylic acid groups (broad SMARTS) is 1. The van der Waals surface area contributed by atoms with Gasteiger partial charge in [0.05, 0.1) is 0 Å². The van der Waals surface area contributed by atoms with Crippen molar-refractivity contribution in [2.45, 2.75) is 72.1 Å². The maximum absolute atomic E-state index is 12.4. The SMILES string of the molecule is CC(=O)C[C@]1(C)[C@H](CC(=O)O)CC[C@H]2[C@H]1CC[C@]1(C)C(=O)CC[C@@H]21. The van der Waals surface area contributed by atoms with Crippen molar-refractivity contribution in [2.75, 3.05) is 0 Å². The van der Waals surface area contributed by atoms with Crippen molar-refractivity contribution < 1.29 is 19.5 Å². The topological polar surface area (TPSA) is 71.4 Å². The number of carbonyl (C=O) groups is 3. The fourth-order valence-electron chi connectivity index (χ4n) is 6.66. The molecular weight excluding hydrogens is 304 g/mol. The third-order valence-corrected chi connectivity index (χ3v) is 7.83. The molecule has 0 aromatic rings. The highest BCUT2D eigenvalue weighted by atomic mass is 16.4. The fourth-order valence-corrected chi connectivity index (χ4v) is 6.66. The average Bonchev–Trinajstić information content (AvgIpc) is 2.77. The Morgan fingerprint density at radius 2 is 1.83 bits per heavy atom. The lowest BCUT2D eigenvalue weighted by Gasteiger charge is -2.57. The molecule has 0 aliphatic heterocycles. The van der Waals surface area contributed by atoms with Crippen LogP contribution in [-0.4, -0.2) is 22.6 Å². The summed E-state index contributed by atoms with van der Waals surface area (Å²) in [6, 6.07) is 0. The summed E-state index contributed by atoms with van der Waals surface area (Å²) in [4.78, 5) is 35.7. The van der Waals surface area contributed by atoms with Crippen LogP contribution in [-0.2, 0) is 14.4 Å². The summed E-state index contributed by atoms with van der Waals surface area (Å²) in [6.45, 7) is 5.92. The molecule has 1 N–H and O–H groups in total. The first kappa shape index (κ1) is 17.6. The van der Waals surface area contributed by atoms with Crippen molar-refractivity contribution in [3.63, 3.8) is 0 Å². The molecule has 0 unspecified atom stereocenters. The molecule has 0 aromatic carbocycles. The number of Topliss-reactive ketones (excluding diaryl/α,β-unsaturated/α-hetero) is 2. The zero-order valence-electron chi connectivity index (χ0n) is 15.1. The van der Waals surface area contributed by atoms with E-state index < -0.39 is 5.97 Å². The Labute approximate surface area is 144 Å². The number of carboxylic acids is 1. The fraction of sp³-hybridized carbons (Fsp3) is 0.850. The Bertz CT molecular complexity index is 568. The Morgan fingerprint density at radius 1 is 1.12 bits per heavy atom. The molecule has 3 fully saturated rings. The molecule has 24 heavy (non-hydrogen) atoms. The number of fused-ring (bicyclic) bond motifs is 3. The van der Waals surface area contributed by atoms with E-state index in [4.69, 9.17) is 0 Å². The summed E-state index contributed by atoms with van der Waals surface area (Å²) < 4.78 is 0. The van der Waals surface area contributed by atoms with E-state index in [1.807, 2.05) is 0 Å². The zero-order chi connectivity index (χ0) is 17.7. The van der Waals surface area contributed by atoms with E-state index in [1.54, 1.807) is 6.92 Å². The first-order valence-electron chi connectivity index (χ1n) is 9.43. The van der Waals surface area contributed by atoms with Crippen LogP contribution in [0.2, 0.25) is 0 Å². The Morgan fingerprint density at radius 3 is 2.46 bits per heavy atom. The van der Waals surface area contributed by atoms with Gasteiger partial charge in [-0.3, -0.25) is 9.59 Å². The van der Waals surface area contributed by atoms with Crippen LogP contribution in [0.25, 0.3) is 0 Å². The Hall–Kier alpha value is -1.19. The molecule has 3 saturated carbocycles. The van der Waals surface area contributed by atoms with Gasteiger partial charge in [0.25, 0.3) is 0 Å². The van der Waals surface area contributed by atoms with Gasteiger partial charge in [0, 0.05) is 24.7 Å². The minimum absolute atomic E-state index is 0.0709. The molecule has 0 aromatic heterocycles. The van der Waals surface area contributed by atoms with E-state index >= 15 is 0 Å². The number of rotatable bonds is 4. The predicted octanol–water partition coefficient (Wildman–Crippen LogP) is 3.87. The number of hydrogen-bond donors (Lipinski definition) is 1. The number of aliphatic carboxylic acids is 1. The van der Waals surface area contributed by atoms with Gasteiger partial charge < -0.3 is 9.90 Å². The van der Waals surface area contributed by atoms with Crippen molar-refractivity contribution in [3.8, 4) is 0 Å². The van der Waals surface area contributed by atoms with Crippen LogP contribution >= 0.6 is 0 Å². The highest BCUT2D eigenvalue weighted by Crippen LogP contribution is 2.64. The van der Waals surface area contributed by atoms with E-state index in [1.165, 1.54) is 0 Å². The van der Waals surface area contributed by atoms with Gasteiger partial charge in [-0.1, -0.05) is 13.8 Å². The molecule has 0 saturated heterocycles. The van der Waals surface area contributed by atoms with Crippen LogP contribution in [0.4, 0.5) is 0 Å². The van der Waals surface area contributed by atoms with Gasteiger partial charge in [0.1, 0.15) is 11.6 Å². The standard InChI is InChI=1S/C20H30O4/c1-12(21)11-20(3)13(10-18(23)24)4-5-14-15-6-7-17(22)19(15,2)9-8-16(14)20/h13-16H,4-11H2,1-3H3,(H,23,24)/t13-,14+,15-,16+,19-,20+/m0/s1. The largest absolute Gasteiger partial charge is 0.481 e. The summed E-state index contributed by atoms with van der Waals surface area (Å²) in [5.41, 5.74) is -0.405. The molecule has 3 aliphatic rings. The van der Waals surface area contributed by atoms with Gasteiger partial charge >= 0.3 is 5.97 Å². The molecule has 4 heteroatoms. The summed E-state index contributed by atoms with van der Waals surface area (Å²) in [6.07, 6.45) is 6.08. The third kappa shape index (κ3) is 2.62. The lowest BCUT2D eigenvalue weighted by molar-refractivity contribution is -0.149. The first-order valence-corrected chi connectivity index (χ1v) is 9.43. The summed E-state index contributed by atoms with van der Waals surface area (Å²) in [7, 11) is 0. The van der Waals surface area contributed by atoms with E-state index in [9.17, 15) is 19.5 Å². The monoisotopic (exact) mass is 334 g/mol. The van der Waals surface area contributed by atoms with Crippen LogP contribution < -0.4 is 0 Å². The summed E-state index contributed by atoms with van der Waals surface area (Å²) >= 11 is 0. The molecule has 0 heterocycles. The lowest BCUT2D eigenvalue weighted by atomic mass is 9.46. The van der Waals surface area contributed by atoms with Gasteiger partial charge in [0.15, 0.2) is 0 Å². The molecule has 0 amide bonds. The van der Waals surface area contributed by atoms with Crippen LogP contribution in [0.1, 0.15) is 72.1 Å². The van der Waals surface area contributed by atoms with Gasteiger partial charge in [-0.05, 0) is 68.1 Å². The quantitative estimate of drug-likeness (QED) is 0.847. The van der Waals surface area contributed by atoms with Gasteiger partial charge in [-0.15, -0.1) is 0 Å². The van der Waals surface area contributed by atoms with Crippen molar-refractivity contribution in [2.24, 2.45) is 34.5 Å². The van der Waals surface area contributed by atoms with Gasteiger partial charge in [0.2, 0.25) is 0 Å². The Balaban J connectivity index is 1.92. The van der Waals surface area contributed by atoms with E-state index in [-0.39, 0.29) is 29.0 Å². The number of carbonyl (C=O) groups excluding carboxylic acids is 2. The van der Waals surface area contributed by atoms with Crippen LogP contribution in [0.15, 0.2) is 0 Å². The van der Waals surface area contributed by atoms with Gasteiger partial charge in [-0.25, -0.2) is 0 Å². The highest BCUT2D eigenvalue weighted by Gasteiger charge is 2.59. The average molecular weight is 334 g/mol. The van der Waals surface area contributed by atoms with Gasteiger partial charge in [-0.2, -0.15) is 0 Å². The summed E-state index contributed by atoms with van der Waals surface area (Å²) in [5, 5.41) is 9.32. The van der Waals surface area contributed by atoms with Crippen molar-refractivity contribution >= 4 is 17.5 Å². The second-order valence-corrected chi connectivity index (χ2v) is 9.05. The van der Waals surface area contributed by atoms with Crippen LogP contribution in [0, 0.1) is 34.5 Å². The number of ketones is 2. The maximum Gasteiger partial charge on any atom is 0.303 e.